The molecule has 8 heteroatoms. The average Bonchev–Trinajstić information content (AvgIpc) is 2.93. The van der Waals surface area contributed by atoms with Gasteiger partial charge in [-0.3, -0.25) is 4.79 Å². The number of aryl methyl sites for hydroxylation is 1. The van der Waals surface area contributed by atoms with Crippen LogP contribution in [0.15, 0.2) is 35.2 Å². The zero-order valence-corrected chi connectivity index (χ0v) is 17.0. The molecule has 4 rings (SSSR count). The lowest BCUT2D eigenvalue weighted by Gasteiger charge is -2.30. The highest BCUT2D eigenvalue weighted by Gasteiger charge is 2.45. The first kappa shape index (κ1) is 21.0. The number of carbonyl (C=O) groups excluding carboxylic acids is 1. The Kier molecular flexibility index (Phi) is 5.71. The van der Waals surface area contributed by atoms with Crippen LogP contribution in [0.3, 0.4) is 0 Å². The first-order valence-corrected chi connectivity index (χ1v) is 9.95. The lowest BCUT2D eigenvalue weighted by atomic mass is 9.91. The monoisotopic (exact) mass is 428 g/mol. The molecule has 0 aromatic heterocycles. The van der Waals surface area contributed by atoms with E-state index in [-0.39, 0.29) is 24.0 Å². The summed E-state index contributed by atoms with van der Waals surface area (Å²) in [5.41, 5.74) is 1.64. The van der Waals surface area contributed by atoms with Crippen LogP contribution in [0.2, 0.25) is 0 Å². The first-order chi connectivity index (χ1) is 12.8. The van der Waals surface area contributed by atoms with E-state index in [0.717, 1.165) is 22.1 Å². The van der Waals surface area contributed by atoms with E-state index in [0.29, 0.717) is 30.8 Å². The molecule has 1 amide bonds. The summed E-state index contributed by atoms with van der Waals surface area (Å²) < 4.78 is 41.5. The van der Waals surface area contributed by atoms with Crippen molar-refractivity contribution in [1.29, 1.82) is 0 Å². The predicted molar refractivity (Wildman–Crippen MR) is 107 cm³/mol. The largest absolute Gasteiger partial charge is 0.417 e. The van der Waals surface area contributed by atoms with E-state index in [1.807, 2.05) is 31.4 Å². The summed E-state index contributed by atoms with van der Waals surface area (Å²) in [4.78, 5) is 15.3. The zero-order chi connectivity index (χ0) is 19.3. The molecule has 0 unspecified atom stereocenters. The molecule has 1 N–H and O–H groups in total. The van der Waals surface area contributed by atoms with Crippen LogP contribution in [0.1, 0.15) is 33.1 Å². The molecule has 2 aliphatic rings. The summed E-state index contributed by atoms with van der Waals surface area (Å²) in [6, 6.07) is 8.29. The van der Waals surface area contributed by atoms with Gasteiger partial charge in [0.15, 0.2) is 0 Å². The summed E-state index contributed by atoms with van der Waals surface area (Å²) in [5.74, 6) is -0.509. The molecule has 2 heterocycles. The maximum Gasteiger partial charge on any atom is 0.417 e. The number of benzene rings is 2. The second kappa shape index (κ2) is 7.61. The fraction of sp³-hybridized carbons (Fsp3) is 0.350. The van der Waals surface area contributed by atoms with E-state index >= 15 is 0 Å². The molecule has 1 saturated heterocycles. The minimum absolute atomic E-state index is 0. The van der Waals surface area contributed by atoms with Gasteiger partial charge in [-0.25, -0.2) is 0 Å². The van der Waals surface area contributed by atoms with Gasteiger partial charge in [-0.05, 0) is 59.7 Å². The molecule has 0 radical (unpaired) electrons. The summed E-state index contributed by atoms with van der Waals surface area (Å²) in [6.07, 6.45) is -2.62. The number of carbonyl (C=O) groups is 1. The second-order valence-corrected chi connectivity index (χ2v) is 7.76. The number of rotatable bonds is 2. The molecule has 3 nitrogen and oxygen atoms in total. The van der Waals surface area contributed by atoms with Crippen LogP contribution in [0.25, 0.3) is 11.1 Å². The smallest absolute Gasteiger partial charge is 0.329 e. The fourth-order valence-electron chi connectivity index (χ4n) is 4.00. The van der Waals surface area contributed by atoms with E-state index in [1.165, 1.54) is 0 Å². The second-order valence-electron chi connectivity index (χ2n) is 6.89. The Hall–Kier alpha value is -1.70. The summed E-state index contributed by atoms with van der Waals surface area (Å²) in [6.45, 7) is 3.39. The Morgan fingerprint density at radius 1 is 1.21 bits per heavy atom. The van der Waals surface area contributed by atoms with Crippen molar-refractivity contribution in [3.8, 4) is 11.1 Å². The lowest BCUT2D eigenvalue weighted by Crippen LogP contribution is -2.44. The van der Waals surface area contributed by atoms with E-state index in [4.69, 9.17) is 0 Å². The molecule has 0 spiro atoms. The van der Waals surface area contributed by atoms with E-state index < -0.39 is 17.6 Å². The standard InChI is InChI=1S/C20H19F3N2OS.ClH/c1-11-7-13(27-2)3-4-14(11)12-8-15-17-10-24-5-6-25(17)19(26)18(15)16(9-12)20(21,22)23;/h3-4,7-9,17,24H,5-6,10H2,1-2H3;1H/t17-;/m0./s1. The van der Waals surface area contributed by atoms with Crippen LogP contribution < -0.4 is 5.32 Å². The van der Waals surface area contributed by atoms with Crippen molar-refractivity contribution in [2.24, 2.45) is 0 Å². The normalized spacial score (nSPS) is 18.5. The molecule has 1 fully saturated rings. The molecule has 1 atom stereocenters. The molecule has 0 aliphatic carbocycles. The fourth-order valence-corrected chi connectivity index (χ4v) is 4.50. The molecular weight excluding hydrogens is 409 g/mol. The minimum atomic E-state index is -4.58. The number of hydrogen-bond donors (Lipinski definition) is 1. The number of hydrogen-bond acceptors (Lipinski definition) is 3. The molecule has 28 heavy (non-hydrogen) atoms. The number of halogens is 4. The van der Waals surface area contributed by atoms with Gasteiger partial charge in [0.25, 0.3) is 5.91 Å². The van der Waals surface area contributed by atoms with Gasteiger partial charge in [0.2, 0.25) is 0 Å². The zero-order valence-electron chi connectivity index (χ0n) is 15.4. The molecule has 2 aromatic carbocycles. The summed E-state index contributed by atoms with van der Waals surface area (Å²) in [7, 11) is 0. The van der Waals surface area contributed by atoms with E-state index in [1.54, 1.807) is 22.7 Å². The first-order valence-electron chi connectivity index (χ1n) is 8.73. The molecule has 2 aromatic rings. The molecule has 2 aliphatic heterocycles. The Balaban J connectivity index is 0.00000225. The van der Waals surface area contributed by atoms with Crippen molar-refractivity contribution in [1.82, 2.24) is 10.2 Å². The van der Waals surface area contributed by atoms with E-state index in [9.17, 15) is 18.0 Å². The number of alkyl halides is 3. The lowest BCUT2D eigenvalue weighted by molar-refractivity contribution is -0.137. The number of nitrogens with zero attached hydrogens (tertiary/aromatic N) is 1. The topological polar surface area (TPSA) is 32.3 Å². The number of thioether (sulfide) groups is 1. The maximum absolute atomic E-state index is 13.8. The minimum Gasteiger partial charge on any atom is -0.329 e. The van der Waals surface area contributed by atoms with Crippen LogP contribution in [0, 0.1) is 6.92 Å². The summed E-state index contributed by atoms with van der Waals surface area (Å²) in [5, 5.41) is 3.18. The molecule has 150 valence electrons. The predicted octanol–water partition coefficient (Wildman–Crippen LogP) is 4.92. The van der Waals surface area contributed by atoms with Gasteiger partial charge in [-0.15, -0.1) is 24.2 Å². The summed E-state index contributed by atoms with van der Waals surface area (Å²) >= 11 is 1.59. The quantitative estimate of drug-likeness (QED) is 0.689. The van der Waals surface area contributed by atoms with Crippen molar-refractivity contribution in [3.63, 3.8) is 0 Å². The van der Waals surface area contributed by atoms with Gasteiger partial charge in [0, 0.05) is 24.5 Å². The van der Waals surface area contributed by atoms with Gasteiger partial charge in [0.05, 0.1) is 17.2 Å². The van der Waals surface area contributed by atoms with Crippen LogP contribution in [0.4, 0.5) is 13.2 Å². The van der Waals surface area contributed by atoms with Crippen LogP contribution in [-0.4, -0.2) is 36.7 Å². The van der Waals surface area contributed by atoms with Crippen LogP contribution in [-0.2, 0) is 6.18 Å². The molecule has 0 saturated carbocycles. The Labute approximate surface area is 172 Å². The van der Waals surface area contributed by atoms with Crippen molar-refractivity contribution in [3.05, 3.63) is 52.6 Å². The van der Waals surface area contributed by atoms with Crippen molar-refractivity contribution in [2.75, 3.05) is 25.9 Å². The number of amides is 1. The average molecular weight is 429 g/mol. The van der Waals surface area contributed by atoms with Crippen molar-refractivity contribution < 1.29 is 18.0 Å². The Bertz CT molecular complexity index is 932. The third-order valence-corrected chi connectivity index (χ3v) is 6.02. The molecule has 0 bridgehead atoms. The van der Waals surface area contributed by atoms with E-state index in [2.05, 4.69) is 5.32 Å². The van der Waals surface area contributed by atoms with Gasteiger partial charge < -0.3 is 10.2 Å². The highest BCUT2D eigenvalue weighted by Crippen LogP contribution is 2.44. The number of piperazine rings is 1. The SMILES string of the molecule is CSc1ccc(-c2cc3c(c(C(F)(F)F)c2)C(=O)N2CCNC[C@@H]32)c(C)c1.Cl. The number of fused-ring (bicyclic) bond motifs is 3. The van der Waals surface area contributed by atoms with Gasteiger partial charge in [-0.1, -0.05) is 6.07 Å². The Morgan fingerprint density at radius 3 is 2.61 bits per heavy atom. The van der Waals surface area contributed by atoms with Crippen LogP contribution in [0.5, 0.6) is 0 Å². The van der Waals surface area contributed by atoms with Crippen molar-refractivity contribution in [2.45, 2.75) is 24.0 Å². The van der Waals surface area contributed by atoms with Crippen molar-refractivity contribution >= 4 is 30.1 Å². The van der Waals surface area contributed by atoms with Crippen LogP contribution >= 0.6 is 24.2 Å². The van der Waals surface area contributed by atoms with Gasteiger partial charge in [-0.2, -0.15) is 13.2 Å². The maximum atomic E-state index is 13.8. The third-order valence-electron chi connectivity index (χ3n) is 5.30. The van der Waals surface area contributed by atoms with Gasteiger partial charge in [0.1, 0.15) is 0 Å². The van der Waals surface area contributed by atoms with Gasteiger partial charge >= 0.3 is 6.18 Å². The third kappa shape index (κ3) is 3.40. The highest BCUT2D eigenvalue weighted by atomic mass is 35.5. The Morgan fingerprint density at radius 2 is 1.96 bits per heavy atom. The molecular formula is C20H20ClF3N2OS. The highest BCUT2D eigenvalue weighted by molar-refractivity contribution is 7.98. The number of nitrogens with one attached hydrogen (secondary N) is 1.